The molecular formula is C23H13F2NO5. The van der Waals surface area contributed by atoms with Crippen molar-refractivity contribution in [1.29, 1.82) is 0 Å². The number of Topliss-reactive ketones (excluding diaryl/α,β-unsaturated/α-hetero) is 1. The number of fused-ring (bicyclic) bond motifs is 1. The molecule has 0 N–H and O–H groups in total. The summed E-state index contributed by atoms with van der Waals surface area (Å²) in [6, 6.07) is 14.6. The van der Waals surface area contributed by atoms with Gasteiger partial charge in [-0.15, -0.1) is 0 Å². The van der Waals surface area contributed by atoms with Crippen LogP contribution in [-0.4, -0.2) is 30.2 Å². The molecule has 0 unspecified atom stereocenters. The second kappa shape index (κ2) is 7.91. The fraction of sp³-hybridized carbons (Fsp3) is 0.0435. The number of esters is 1. The first-order valence-electron chi connectivity index (χ1n) is 9.10. The molecule has 1 heterocycles. The van der Waals surface area contributed by atoms with Crippen molar-refractivity contribution in [3.05, 3.63) is 101 Å². The van der Waals surface area contributed by atoms with Gasteiger partial charge in [-0.3, -0.25) is 14.4 Å². The van der Waals surface area contributed by atoms with Crippen molar-refractivity contribution < 1.29 is 32.7 Å². The maximum absolute atomic E-state index is 13.3. The summed E-state index contributed by atoms with van der Waals surface area (Å²) in [6.07, 6.45) is 0. The van der Waals surface area contributed by atoms with Crippen LogP contribution in [0, 0.1) is 11.6 Å². The highest BCUT2D eigenvalue weighted by atomic mass is 19.2. The molecule has 2 amide bonds. The molecule has 3 aromatic carbocycles. The van der Waals surface area contributed by atoms with Crippen LogP contribution in [0.5, 0.6) is 0 Å². The van der Waals surface area contributed by atoms with Crippen molar-refractivity contribution in [1.82, 2.24) is 0 Å². The Morgan fingerprint density at radius 3 is 2.10 bits per heavy atom. The van der Waals surface area contributed by atoms with Crippen LogP contribution in [0.25, 0.3) is 0 Å². The van der Waals surface area contributed by atoms with Crippen LogP contribution in [-0.2, 0) is 4.74 Å². The Labute approximate surface area is 174 Å². The van der Waals surface area contributed by atoms with Gasteiger partial charge in [0, 0.05) is 5.56 Å². The van der Waals surface area contributed by atoms with Crippen LogP contribution in [0.15, 0.2) is 66.7 Å². The molecule has 0 saturated heterocycles. The average molecular weight is 421 g/mol. The third kappa shape index (κ3) is 3.71. The number of ether oxygens (including phenoxy) is 1. The van der Waals surface area contributed by atoms with E-state index in [-0.39, 0.29) is 27.9 Å². The highest BCUT2D eigenvalue weighted by Crippen LogP contribution is 2.28. The van der Waals surface area contributed by atoms with E-state index < -0.39 is 41.8 Å². The van der Waals surface area contributed by atoms with Gasteiger partial charge in [-0.05, 0) is 48.5 Å². The maximum atomic E-state index is 13.3. The van der Waals surface area contributed by atoms with Gasteiger partial charge in [-0.25, -0.2) is 18.5 Å². The molecule has 31 heavy (non-hydrogen) atoms. The predicted octanol–water partition coefficient (Wildman–Crippen LogP) is 3.81. The number of halogens is 2. The Hall–Kier alpha value is -4.20. The number of ketones is 1. The molecule has 0 radical (unpaired) electrons. The van der Waals surface area contributed by atoms with Crippen LogP contribution in [0.2, 0.25) is 0 Å². The first-order chi connectivity index (χ1) is 14.9. The summed E-state index contributed by atoms with van der Waals surface area (Å²) >= 11 is 0. The number of nitrogens with zero attached hydrogens (tertiary/aromatic N) is 1. The molecule has 0 saturated carbocycles. The van der Waals surface area contributed by atoms with Gasteiger partial charge >= 0.3 is 5.97 Å². The molecule has 0 spiro atoms. The van der Waals surface area contributed by atoms with E-state index in [9.17, 15) is 28.0 Å². The number of carbonyl (C=O) groups is 4. The molecule has 0 atom stereocenters. The van der Waals surface area contributed by atoms with Crippen molar-refractivity contribution in [2.45, 2.75) is 0 Å². The van der Waals surface area contributed by atoms with E-state index in [1.54, 1.807) is 12.1 Å². The molecule has 0 bridgehead atoms. The van der Waals surface area contributed by atoms with E-state index in [4.69, 9.17) is 4.74 Å². The van der Waals surface area contributed by atoms with Crippen molar-refractivity contribution >= 4 is 29.3 Å². The van der Waals surface area contributed by atoms with E-state index in [1.165, 1.54) is 36.4 Å². The number of rotatable bonds is 5. The lowest BCUT2D eigenvalue weighted by Crippen LogP contribution is -2.29. The molecule has 6 nitrogen and oxygen atoms in total. The number of hydrogen-bond acceptors (Lipinski definition) is 5. The standard InChI is InChI=1S/C23H13F2NO5/c24-18-9-8-13(11-19(18)25)20(27)12-31-23(30)14-4-3-5-15(10-14)26-21(28)16-6-1-2-7-17(16)22(26)29/h1-11H,12H2. The van der Waals surface area contributed by atoms with Crippen LogP contribution in [0.1, 0.15) is 41.4 Å². The number of benzene rings is 3. The fourth-order valence-electron chi connectivity index (χ4n) is 3.16. The zero-order valence-corrected chi connectivity index (χ0v) is 15.8. The maximum Gasteiger partial charge on any atom is 0.338 e. The molecule has 1 aliphatic heterocycles. The lowest BCUT2D eigenvalue weighted by atomic mass is 10.1. The average Bonchev–Trinajstić information content (AvgIpc) is 3.04. The fourth-order valence-corrected chi connectivity index (χ4v) is 3.16. The predicted molar refractivity (Wildman–Crippen MR) is 105 cm³/mol. The summed E-state index contributed by atoms with van der Waals surface area (Å²) in [6.45, 7) is -0.693. The minimum Gasteiger partial charge on any atom is -0.454 e. The zero-order chi connectivity index (χ0) is 22.1. The highest BCUT2D eigenvalue weighted by molar-refractivity contribution is 6.34. The monoisotopic (exact) mass is 421 g/mol. The van der Waals surface area contributed by atoms with Crippen molar-refractivity contribution in [2.24, 2.45) is 0 Å². The summed E-state index contributed by atoms with van der Waals surface area (Å²) in [5.41, 5.74) is 0.557. The normalized spacial score (nSPS) is 12.6. The third-order valence-corrected chi connectivity index (χ3v) is 4.71. The minimum atomic E-state index is -1.19. The molecule has 3 aromatic rings. The molecule has 4 rings (SSSR count). The zero-order valence-electron chi connectivity index (χ0n) is 15.8. The van der Waals surface area contributed by atoms with Gasteiger partial charge in [0.25, 0.3) is 11.8 Å². The van der Waals surface area contributed by atoms with Gasteiger partial charge < -0.3 is 4.74 Å². The second-order valence-corrected chi connectivity index (χ2v) is 6.67. The Kier molecular flexibility index (Phi) is 5.12. The third-order valence-electron chi connectivity index (χ3n) is 4.71. The topological polar surface area (TPSA) is 80.8 Å². The van der Waals surface area contributed by atoms with Gasteiger partial charge in [0.1, 0.15) is 0 Å². The largest absolute Gasteiger partial charge is 0.454 e. The van der Waals surface area contributed by atoms with Gasteiger partial charge in [0.05, 0.1) is 22.4 Å². The summed E-state index contributed by atoms with van der Waals surface area (Å²) < 4.78 is 31.2. The van der Waals surface area contributed by atoms with Gasteiger partial charge in [0.15, 0.2) is 24.0 Å². The lowest BCUT2D eigenvalue weighted by molar-refractivity contribution is 0.0474. The number of imide groups is 1. The Bertz CT molecular complexity index is 1220. The minimum absolute atomic E-state index is 0.00661. The van der Waals surface area contributed by atoms with Crippen LogP contribution < -0.4 is 4.90 Å². The summed E-state index contributed by atoms with van der Waals surface area (Å²) in [5, 5.41) is 0. The summed E-state index contributed by atoms with van der Waals surface area (Å²) in [4.78, 5) is 50.6. The van der Waals surface area contributed by atoms with E-state index in [1.807, 2.05) is 0 Å². The number of amides is 2. The number of carbonyl (C=O) groups excluding carboxylic acids is 4. The van der Waals surface area contributed by atoms with Crippen LogP contribution >= 0.6 is 0 Å². The smallest absolute Gasteiger partial charge is 0.338 e. The van der Waals surface area contributed by atoms with Gasteiger partial charge in [-0.1, -0.05) is 18.2 Å². The Balaban J connectivity index is 1.49. The highest BCUT2D eigenvalue weighted by Gasteiger charge is 2.36. The van der Waals surface area contributed by atoms with Crippen molar-refractivity contribution in [3.8, 4) is 0 Å². The van der Waals surface area contributed by atoms with Crippen LogP contribution in [0.4, 0.5) is 14.5 Å². The molecule has 0 fully saturated rings. The quantitative estimate of drug-likeness (QED) is 0.356. The van der Waals surface area contributed by atoms with E-state index in [2.05, 4.69) is 0 Å². The lowest BCUT2D eigenvalue weighted by Gasteiger charge is -2.14. The van der Waals surface area contributed by atoms with E-state index >= 15 is 0 Å². The molecular weight excluding hydrogens is 408 g/mol. The molecule has 154 valence electrons. The Morgan fingerprint density at radius 2 is 1.45 bits per heavy atom. The Morgan fingerprint density at radius 1 is 0.774 bits per heavy atom. The molecule has 8 heteroatoms. The SMILES string of the molecule is O=C(COC(=O)c1cccc(N2C(=O)c3ccccc3C2=O)c1)c1ccc(F)c(F)c1. The molecule has 1 aliphatic rings. The van der Waals surface area contributed by atoms with Gasteiger partial charge in [-0.2, -0.15) is 0 Å². The summed E-state index contributed by atoms with van der Waals surface area (Å²) in [7, 11) is 0. The number of anilines is 1. The first-order valence-corrected chi connectivity index (χ1v) is 9.10. The van der Waals surface area contributed by atoms with Crippen molar-refractivity contribution in [2.75, 3.05) is 11.5 Å². The summed E-state index contributed by atoms with van der Waals surface area (Å²) in [5.74, 6) is -4.92. The molecule has 0 aromatic heterocycles. The van der Waals surface area contributed by atoms with Crippen LogP contribution in [0.3, 0.4) is 0 Å². The number of hydrogen-bond donors (Lipinski definition) is 0. The van der Waals surface area contributed by atoms with Gasteiger partial charge in [0.2, 0.25) is 0 Å². The molecule has 0 aliphatic carbocycles. The first kappa shape index (κ1) is 20.1. The van der Waals surface area contributed by atoms with Crippen molar-refractivity contribution in [3.63, 3.8) is 0 Å². The van der Waals surface area contributed by atoms with E-state index in [0.29, 0.717) is 6.07 Å². The second-order valence-electron chi connectivity index (χ2n) is 6.67. The van der Waals surface area contributed by atoms with E-state index in [0.717, 1.165) is 17.0 Å².